The quantitative estimate of drug-likeness (QED) is 0.805. The van der Waals surface area contributed by atoms with E-state index in [0.717, 1.165) is 24.9 Å². The highest BCUT2D eigenvalue weighted by molar-refractivity contribution is 5.36. The average Bonchev–Trinajstić information content (AvgIpc) is 2.51. The minimum absolute atomic E-state index is 0.0477. The molecule has 112 valence electrons. The zero-order valence-corrected chi connectivity index (χ0v) is 13.1. The van der Waals surface area contributed by atoms with Crippen LogP contribution in [0.4, 0.5) is 4.39 Å². The minimum Gasteiger partial charge on any atom is -0.306 e. The smallest absolute Gasteiger partial charge is 0.126 e. The molecule has 2 rings (SSSR count). The van der Waals surface area contributed by atoms with Gasteiger partial charge in [0.25, 0.3) is 0 Å². The Bertz CT molecular complexity index is 592. The summed E-state index contributed by atoms with van der Waals surface area (Å²) in [6.07, 6.45) is 2.06. The SMILES string of the molecule is CCCNC(c1cccc(CC)c1)c1ccc(C)c(F)c1. The lowest BCUT2D eigenvalue weighted by atomic mass is 9.95. The third kappa shape index (κ3) is 3.92. The average molecular weight is 285 g/mol. The summed E-state index contributed by atoms with van der Waals surface area (Å²) >= 11 is 0. The van der Waals surface area contributed by atoms with Crippen LogP contribution in [0.2, 0.25) is 0 Å². The highest BCUT2D eigenvalue weighted by Crippen LogP contribution is 2.24. The molecule has 0 aliphatic rings. The van der Waals surface area contributed by atoms with Gasteiger partial charge >= 0.3 is 0 Å². The standard InChI is InChI=1S/C19H24FN/c1-4-11-21-19(16-8-6-7-15(5-2)12-16)17-10-9-14(3)18(20)13-17/h6-10,12-13,19,21H,4-5,11H2,1-3H3. The highest BCUT2D eigenvalue weighted by Gasteiger charge is 2.15. The van der Waals surface area contributed by atoms with Crippen LogP contribution in [-0.2, 0) is 6.42 Å². The summed E-state index contributed by atoms with van der Waals surface area (Å²) in [6.45, 7) is 7.00. The number of benzene rings is 2. The largest absolute Gasteiger partial charge is 0.306 e. The molecule has 1 atom stereocenters. The van der Waals surface area contributed by atoms with E-state index in [9.17, 15) is 4.39 Å². The van der Waals surface area contributed by atoms with E-state index in [-0.39, 0.29) is 11.9 Å². The van der Waals surface area contributed by atoms with E-state index in [0.29, 0.717) is 5.56 Å². The van der Waals surface area contributed by atoms with E-state index >= 15 is 0 Å². The molecule has 0 amide bonds. The normalized spacial score (nSPS) is 12.4. The molecule has 0 heterocycles. The zero-order valence-electron chi connectivity index (χ0n) is 13.1. The van der Waals surface area contributed by atoms with Crippen LogP contribution in [0.1, 0.15) is 48.6 Å². The van der Waals surface area contributed by atoms with Crippen LogP contribution >= 0.6 is 0 Å². The van der Waals surface area contributed by atoms with E-state index in [1.165, 1.54) is 11.1 Å². The second-order valence-corrected chi connectivity index (χ2v) is 5.49. The van der Waals surface area contributed by atoms with E-state index in [1.54, 1.807) is 13.0 Å². The van der Waals surface area contributed by atoms with Gasteiger partial charge in [-0.15, -0.1) is 0 Å². The molecule has 1 nitrogen and oxygen atoms in total. The summed E-state index contributed by atoms with van der Waals surface area (Å²) in [7, 11) is 0. The Hall–Kier alpha value is -1.67. The van der Waals surface area contributed by atoms with Gasteiger partial charge in [0, 0.05) is 0 Å². The molecule has 0 fully saturated rings. The van der Waals surface area contributed by atoms with Crippen molar-refractivity contribution >= 4 is 0 Å². The molecule has 0 bridgehead atoms. The number of nitrogens with one attached hydrogen (secondary N) is 1. The van der Waals surface area contributed by atoms with Crippen molar-refractivity contribution in [3.05, 3.63) is 70.5 Å². The molecule has 2 aromatic carbocycles. The molecule has 0 aromatic heterocycles. The number of aryl methyl sites for hydroxylation is 2. The monoisotopic (exact) mass is 285 g/mol. The first-order chi connectivity index (χ1) is 10.2. The fourth-order valence-electron chi connectivity index (χ4n) is 2.50. The fourth-order valence-corrected chi connectivity index (χ4v) is 2.50. The van der Waals surface area contributed by atoms with Crippen molar-refractivity contribution in [2.45, 2.75) is 39.7 Å². The Kier molecular flexibility index (Phi) is 5.51. The third-order valence-corrected chi connectivity index (χ3v) is 3.82. The van der Waals surface area contributed by atoms with Gasteiger partial charge in [0.15, 0.2) is 0 Å². The second-order valence-electron chi connectivity index (χ2n) is 5.49. The van der Waals surface area contributed by atoms with Crippen molar-refractivity contribution in [2.24, 2.45) is 0 Å². The van der Waals surface area contributed by atoms with Gasteiger partial charge in [-0.05, 0) is 54.6 Å². The van der Waals surface area contributed by atoms with Gasteiger partial charge in [-0.25, -0.2) is 4.39 Å². The Labute approximate surface area is 127 Å². The van der Waals surface area contributed by atoms with Gasteiger partial charge in [0.05, 0.1) is 6.04 Å². The van der Waals surface area contributed by atoms with Crippen LogP contribution in [0, 0.1) is 12.7 Å². The maximum atomic E-state index is 13.9. The van der Waals surface area contributed by atoms with Crippen LogP contribution in [0.25, 0.3) is 0 Å². The fraction of sp³-hybridized carbons (Fsp3) is 0.368. The molecule has 1 unspecified atom stereocenters. The van der Waals surface area contributed by atoms with Crippen molar-refractivity contribution < 1.29 is 4.39 Å². The first-order valence-corrected chi connectivity index (χ1v) is 7.74. The van der Waals surface area contributed by atoms with Crippen LogP contribution in [0.3, 0.4) is 0 Å². The molecule has 0 spiro atoms. The number of halogens is 1. The second kappa shape index (κ2) is 7.37. The highest BCUT2D eigenvalue weighted by atomic mass is 19.1. The third-order valence-electron chi connectivity index (χ3n) is 3.82. The molecule has 2 aromatic rings. The molecule has 2 heteroatoms. The van der Waals surface area contributed by atoms with Crippen molar-refractivity contribution in [3.8, 4) is 0 Å². The molecular weight excluding hydrogens is 261 g/mol. The summed E-state index contributed by atoms with van der Waals surface area (Å²) in [5, 5.41) is 3.53. The molecule has 0 saturated carbocycles. The summed E-state index contributed by atoms with van der Waals surface area (Å²) in [4.78, 5) is 0. The maximum Gasteiger partial charge on any atom is 0.126 e. The van der Waals surface area contributed by atoms with Crippen molar-refractivity contribution in [1.29, 1.82) is 0 Å². The van der Waals surface area contributed by atoms with Gasteiger partial charge in [-0.2, -0.15) is 0 Å². The lowest BCUT2D eigenvalue weighted by Crippen LogP contribution is -2.23. The molecular formula is C19H24FN. The van der Waals surface area contributed by atoms with Crippen LogP contribution in [0.15, 0.2) is 42.5 Å². The van der Waals surface area contributed by atoms with E-state index in [2.05, 4.69) is 43.4 Å². The van der Waals surface area contributed by atoms with Crippen molar-refractivity contribution in [3.63, 3.8) is 0 Å². The first-order valence-electron chi connectivity index (χ1n) is 7.74. The van der Waals surface area contributed by atoms with Crippen molar-refractivity contribution in [1.82, 2.24) is 5.32 Å². The number of rotatable bonds is 6. The molecule has 0 saturated heterocycles. The van der Waals surface area contributed by atoms with Gasteiger partial charge < -0.3 is 5.32 Å². The predicted octanol–water partition coefficient (Wildman–Crippen LogP) is 4.79. The molecule has 21 heavy (non-hydrogen) atoms. The predicted molar refractivity (Wildman–Crippen MR) is 87.1 cm³/mol. The van der Waals surface area contributed by atoms with Crippen molar-refractivity contribution in [2.75, 3.05) is 6.54 Å². The van der Waals surface area contributed by atoms with Crippen LogP contribution in [-0.4, -0.2) is 6.54 Å². The topological polar surface area (TPSA) is 12.0 Å². The Morgan fingerprint density at radius 3 is 2.48 bits per heavy atom. The van der Waals surface area contributed by atoms with E-state index in [4.69, 9.17) is 0 Å². The molecule has 0 aliphatic heterocycles. The Morgan fingerprint density at radius 1 is 1.05 bits per heavy atom. The minimum atomic E-state index is -0.137. The van der Waals surface area contributed by atoms with Gasteiger partial charge in [-0.1, -0.05) is 50.2 Å². The lowest BCUT2D eigenvalue weighted by molar-refractivity contribution is 0.582. The Morgan fingerprint density at radius 2 is 1.81 bits per heavy atom. The van der Waals surface area contributed by atoms with Gasteiger partial charge in [0.2, 0.25) is 0 Å². The van der Waals surface area contributed by atoms with E-state index in [1.807, 2.05) is 12.1 Å². The Balaban J connectivity index is 2.38. The summed E-state index contributed by atoms with van der Waals surface area (Å²) in [6, 6.07) is 14.1. The molecule has 0 aliphatic carbocycles. The summed E-state index contributed by atoms with van der Waals surface area (Å²) < 4.78 is 13.9. The first kappa shape index (κ1) is 15.7. The zero-order chi connectivity index (χ0) is 15.2. The maximum absolute atomic E-state index is 13.9. The van der Waals surface area contributed by atoms with Gasteiger partial charge in [-0.3, -0.25) is 0 Å². The number of hydrogen-bond acceptors (Lipinski definition) is 1. The van der Waals surface area contributed by atoms with Gasteiger partial charge in [0.1, 0.15) is 5.82 Å². The lowest BCUT2D eigenvalue weighted by Gasteiger charge is -2.20. The van der Waals surface area contributed by atoms with Crippen LogP contribution < -0.4 is 5.32 Å². The van der Waals surface area contributed by atoms with Crippen LogP contribution in [0.5, 0.6) is 0 Å². The number of hydrogen-bond donors (Lipinski definition) is 1. The summed E-state index contributed by atoms with van der Waals surface area (Å²) in [5.41, 5.74) is 4.18. The molecule has 1 N–H and O–H groups in total. The van der Waals surface area contributed by atoms with E-state index < -0.39 is 0 Å². The molecule has 0 radical (unpaired) electrons. The summed E-state index contributed by atoms with van der Waals surface area (Å²) in [5.74, 6) is -0.137.